The van der Waals surface area contributed by atoms with E-state index in [1.807, 2.05) is 30.3 Å². The third kappa shape index (κ3) is 4.17. The molecule has 0 amide bonds. The minimum atomic E-state index is -1.64. The smallest absolute Gasteiger partial charge is 0.352 e. The summed E-state index contributed by atoms with van der Waals surface area (Å²) in [5, 5.41) is 0. The van der Waals surface area contributed by atoms with Crippen LogP contribution >= 0.6 is 34.8 Å². The van der Waals surface area contributed by atoms with Crippen molar-refractivity contribution in [3.05, 3.63) is 54.3 Å². The fourth-order valence-electron chi connectivity index (χ4n) is 1.72. The summed E-state index contributed by atoms with van der Waals surface area (Å²) in [5.74, 6) is -0.601. The predicted octanol–water partition coefficient (Wildman–Crippen LogP) is 3.90. The van der Waals surface area contributed by atoms with Gasteiger partial charge in [0, 0.05) is 5.57 Å². The minimum absolute atomic E-state index is 0.331. The second-order valence-electron chi connectivity index (χ2n) is 4.06. The summed E-state index contributed by atoms with van der Waals surface area (Å²) >= 11 is 16.7. The van der Waals surface area contributed by atoms with Crippen LogP contribution in [0.4, 0.5) is 0 Å². The Morgan fingerprint density at radius 3 is 2.60 bits per heavy atom. The van der Waals surface area contributed by atoms with Gasteiger partial charge in [-0.1, -0.05) is 71.2 Å². The summed E-state index contributed by atoms with van der Waals surface area (Å²) in [6.07, 6.45) is 4.06. The highest BCUT2D eigenvalue weighted by atomic mass is 35.6. The molecule has 0 spiro atoms. The van der Waals surface area contributed by atoms with Crippen molar-refractivity contribution in [1.29, 1.82) is 0 Å². The number of rotatable bonds is 3. The summed E-state index contributed by atoms with van der Waals surface area (Å²) in [4.78, 5) is 12.0. The standard InChI is InChI=1S/C14H11Cl3O3/c15-14(16,17)9-20-13(18)12-11(7-4-8-19-12)10-5-2-1-3-6-10/h1-8,12H,9H2/t12-/m1/s1. The molecule has 1 aliphatic heterocycles. The third-order valence-corrected chi connectivity index (χ3v) is 2.88. The van der Waals surface area contributed by atoms with E-state index >= 15 is 0 Å². The molecule has 20 heavy (non-hydrogen) atoms. The highest BCUT2D eigenvalue weighted by molar-refractivity contribution is 6.67. The largest absolute Gasteiger partial charge is 0.482 e. The zero-order valence-corrected chi connectivity index (χ0v) is 12.5. The van der Waals surface area contributed by atoms with Crippen molar-refractivity contribution in [2.24, 2.45) is 0 Å². The molecule has 1 aliphatic rings. The van der Waals surface area contributed by atoms with Crippen molar-refractivity contribution in [3.8, 4) is 0 Å². The quantitative estimate of drug-likeness (QED) is 0.622. The molecule has 1 aromatic rings. The third-order valence-electron chi connectivity index (χ3n) is 2.55. The van der Waals surface area contributed by atoms with Gasteiger partial charge in [-0.25, -0.2) is 4.79 Å². The average Bonchev–Trinajstić information content (AvgIpc) is 2.45. The number of esters is 1. The molecule has 3 nitrogen and oxygen atoms in total. The minimum Gasteiger partial charge on any atom is -0.482 e. The molecule has 0 saturated heterocycles. The normalized spacial score (nSPS) is 18.1. The number of carbonyl (C=O) groups excluding carboxylic acids is 1. The lowest BCUT2D eigenvalue weighted by atomic mass is 9.99. The van der Waals surface area contributed by atoms with E-state index in [2.05, 4.69) is 0 Å². The Bertz CT molecular complexity index is 532. The Hall–Kier alpha value is -1.16. The molecule has 0 N–H and O–H groups in total. The number of allylic oxidation sites excluding steroid dienone is 2. The first kappa shape index (κ1) is 15.2. The lowest BCUT2D eigenvalue weighted by Crippen LogP contribution is -2.30. The molecule has 0 aliphatic carbocycles. The molecule has 6 heteroatoms. The van der Waals surface area contributed by atoms with Gasteiger partial charge >= 0.3 is 5.97 Å². The lowest BCUT2D eigenvalue weighted by Gasteiger charge is -2.22. The molecule has 0 aromatic heterocycles. The van der Waals surface area contributed by atoms with Crippen molar-refractivity contribution >= 4 is 46.3 Å². The Kier molecular flexibility index (Phi) is 4.97. The van der Waals surface area contributed by atoms with Crippen LogP contribution in [0, 0.1) is 0 Å². The SMILES string of the molecule is O=C(OCC(Cl)(Cl)Cl)[C@@H]1OC=CC=C1c1ccccc1. The molecule has 1 atom stereocenters. The van der Waals surface area contributed by atoms with Gasteiger partial charge in [-0.3, -0.25) is 0 Å². The topological polar surface area (TPSA) is 35.5 Å². The number of carbonyl (C=O) groups is 1. The molecule has 1 heterocycles. The second kappa shape index (κ2) is 6.53. The van der Waals surface area contributed by atoms with E-state index in [0.717, 1.165) is 5.56 Å². The Balaban J connectivity index is 2.13. The predicted molar refractivity (Wildman–Crippen MR) is 79.7 cm³/mol. The Morgan fingerprint density at radius 2 is 1.95 bits per heavy atom. The average molecular weight is 334 g/mol. The van der Waals surface area contributed by atoms with Crippen molar-refractivity contribution < 1.29 is 14.3 Å². The highest BCUT2D eigenvalue weighted by Crippen LogP contribution is 2.28. The van der Waals surface area contributed by atoms with Crippen LogP contribution in [0.3, 0.4) is 0 Å². The molecule has 0 fully saturated rings. The van der Waals surface area contributed by atoms with Gasteiger partial charge in [-0.15, -0.1) is 0 Å². The Morgan fingerprint density at radius 1 is 1.25 bits per heavy atom. The van der Waals surface area contributed by atoms with Crippen LogP contribution in [0.5, 0.6) is 0 Å². The van der Waals surface area contributed by atoms with E-state index < -0.39 is 15.9 Å². The first-order valence-electron chi connectivity index (χ1n) is 5.78. The first-order chi connectivity index (χ1) is 9.47. The summed E-state index contributed by atoms with van der Waals surface area (Å²) in [5.41, 5.74) is 1.56. The number of hydrogen-bond acceptors (Lipinski definition) is 3. The Labute approximate surface area is 131 Å². The van der Waals surface area contributed by atoms with Crippen LogP contribution in [0.2, 0.25) is 0 Å². The van der Waals surface area contributed by atoms with Crippen LogP contribution in [0.15, 0.2) is 48.7 Å². The maximum atomic E-state index is 12.0. The maximum absolute atomic E-state index is 12.0. The van der Waals surface area contributed by atoms with E-state index in [1.165, 1.54) is 6.26 Å². The van der Waals surface area contributed by atoms with Crippen LogP contribution in [-0.4, -0.2) is 22.5 Å². The summed E-state index contributed by atoms with van der Waals surface area (Å²) in [7, 11) is 0. The summed E-state index contributed by atoms with van der Waals surface area (Å²) in [6.45, 7) is -0.331. The zero-order chi connectivity index (χ0) is 14.6. The van der Waals surface area contributed by atoms with Crippen LogP contribution in [-0.2, 0) is 14.3 Å². The molecule has 2 rings (SSSR count). The van der Waals surface area contributed by atoms with Gasteiger partial charge in [0.05, 0.1) is 6.26 Å². The lowest BCUT2D eigenvalue weighted by molar-refractivity contribution is -0.150. The number of halogens is 3. The van der Waals surface area contributed by atoms with Gasteiger partial charge in [0.25, 0.3) is 0 Å². The van der Waals surface area contributed by atoms with Gasteiger partial charge in [0.15, 0.2) is 0 Å². The van der Waals surface area contributed by atoms with Gasteiger partial charge in [0.2, 0.25) is 9.90 Å². The molecular weight excluding hydrogens is 323 g/mol. The van der Waals surface area contributed by atoms with E-state index in [4.69, 9.17) is 44.3 Å². The van der Waals surface area contributed by atoms with Gasteiger partial charge in [-0.05, 0) is 11.6 Å². The molecule has 106 valence electrons. The van der Waals surface area contributed by atoms with Crippen molar-refractivity contribution in [2.75, 3.05) is 6.61 Å². The number of ether oxygens (including phenoxy) is 2. The first-order valence-corrected chi connectivity index (χ1v) is 6.92. The van der Waals surface area contributed by atoms with Crippen molar-refractivity contribution in [1.82, 2.24) is 0 Å². The van der Waals surface area contributed by atoms with Gasteiger partial charge in [0.1, 0.15) is 6.61 Å². The van der Waals surface area contributed by atoms with E-state index in [9.17, 15) is 4.79 Å². The van der Waals surface area contributed by atoms with Crippen LogP contribution in [0.25, 0.3) is 5.57 Å². The van der Waals surface area contributed by atoms with Crippen LogP contribution < -0.4 is 0 Å². The number of alkyl halides is 3. The summed E-state index contributed by atoms with van der Waals surface area (Å²) in [6, 6.07) is 9.39. The molecule has 1 aromatic carbocycles. The van der Waals surface area contributed by atoms with Crippen molar-refractivity contribution in [3.63, 3.8) is 0 Å². The van der Waals surface area contributed by atoms with Crippen LogP contribution in [0.1, 0.15) is 5.56 Å². The van der Waals surface area contributed by atoms with Gasteiger partial charge in [-0.2, -0.15) is 0 Å². The second-order valence-corrected chi connectivity index (χ2v) is 6.57. The fraction of sp³-hybridized carbons (Fsp3) is 0.214. The molecular formula is C14H11Cl3O3. The molecule has 0 radical (unpaired) electrons. The van der Waals surface area contributed by atoms with E-state index in [1.54, 1.807) is 12.2 Å². The highest BCUT2D eigenvalue weighted by Gasteiger charge is 2.30. The summed E-state index contributed by atoms with van der Waals surface area (Å²) < 4.78 is 8.64. The van der Waals surface area contributed by atoms with Gasteiger partial charge < -0.3 is 9.47 Å². The molecule has 0 unspecified atom stereocenters. The number of benzene rings is 1. The van der Waals surface area contributed by atoms with Crippen molar-refractivity contribution in [2.45, 2.75) is 9.90 Å². The number of hydrogen-bond donors (Lipinski definition) is 0. The van der Waals surface area contributed by atoms with E-state index in [-0.39, 0.29) is 6.61 Å². The maximum Gasteiger partial charge on any atom is 0.352 e. The monoisotopic (exact) mass is 332 g/mol. The molecule has 0 bridgehead atoms. The fourth-order valence-corrected chi connectivity index (χ4v) is 1.88. The zero-order valence-electron chi connectivity index (χ0n) is 10.3. The van der Waals surface area contributed by atoms with E-state index in [0.29, 0.717) is 5.57 Å². The molecule has 0 saturated carbocycles.